The minimum absolute atomic E-state index is 0.0818. The first kappa shape index (κ1) is 14.9. The number of para-hydroxylation sites is 1. The largest absolute Gasteiger partial charge is 0.353 e. The number of hydrogen-bond acceptors (Lipinski definition) is 3. The van der Waals surface area contributed by atoms with Crippen LogP contribution in [0.5, 0.6) is 0 Å². The number of carbonyl (C=O) groups is 2. The predicted molar refractivity (Wildman–Crippen MR) is 94.3 cm³/mol. The van der Waals surface area contributed by atoms with Gasteiger partial charge >= 0.3 is 0 Å². The maximum Gasteiger partial charge on any atom is 0.254 e. The van der Waals surface area contributed by atoms with E-state index in [1.54, 1.807) is 0 Å². The first-order chi connectivity index (χ1) is 12.2. The van der Waals surface area contributed by atoms with Crippen LogP contribution in [-0.2, 0) is 4.79 Å². The lowest BCUT2D eigenvalue weighted by Crippen LogP contribution is -2.47. The van der Waals surface area contributed by atoms with Gasteiger partial charge in [0.25, 0.3) is 5.91 Å². The maximum atomic E-state index is 13.3. The van der Waals surface area contributed by atoms with Crippen LogP contribution in [0, 0.1) is 5.92 Å². The number of hydrogen-bond donors (Lipinski definition) is 1. The van der Waals surface area contributed by atoms with Crippen LogP contribution in [0.4, 0.5) is 0 Å². The normalized spacial score (nSPS) is 25.8. The third-order valence-corrected chi connectivity index (χ3v) is 5.78. The summed E-state index contributed by atoms with van der Waals surface area (Å²) in [6, 6.07) is 10.2. The number of benzene rings is 1. The van der Waals surface area contributed by atoms with E-state index in [-0.39, 0.29) is 23.8 Å². The zero-order valence-electron chi connectivity index (χ0n) is 14.1. The van der Waals surface area contributed by atoms with E-state index in [0.717, 1.165) is 28.6 Å². The van der Waals surface area contributed by atoms with Crippen LogP contribution in [0.3, 0.4) is 0 Å². The molecule has 2 atom stereocenters. The lowest BCUT2D eigenvalue weighted by molar-refractivity contribution is -0.119. The Labute approximate surface area is 146 Å². The monoisotopic (exact) mass is 335 g/mol. The number of aromatic nitrogens is 1. The number of amides is 2. The zero-order chi connectivity index (χ0) is 17.0. The number of nitrogens with one attached hydrogen (secondary N) is 1. The van der Waals surface area contributed by atoms with Gasteiger partial charge in [-0.1, -0.05) is 18.2 Å². The molecular weight excluding hydrogens is 314 g/mol. The van der Waals surface area contributed by atoms with Crippen molar-refractivity contribution in [3.63, 3.8) is 0 Å². The van der Waals surface area contributed by atoms with Crippen molar-refractivity contribution in [3.05, 3.63) is 41.6 Å². The van der Waals surface area contributed by atoms with Gasteiger partial charge in [-0.15, -0.1) is 0 Å². The summed E-state index contributed by atoms with van der Waals surface area (Å²) in [5.41, 5.74) is 2.72. The van der Waals surface area contributed by atoms with Gasteiger partial charge in [-0.25, -0.2) is 0 Å². The van der Waals surface area contributed by atoms with E-state index in [0.29, 0.717) is 25.4 Å². The van der Waals surface area contributed by atoms with Crippen molar-refractivity contribution in [1.82, 2.24) is 15.2 Å². The van der Waals surface area contributed by atoms with E-state index < -0.39 is 0 Å². The van der Waals surface area contributed by atoms with Crippen molar-refractivity contribution >= 4 is 22.7 Å². The molecular formula is C20H21N3O2. The summed E-state index contributed by atoms with van der Waals surface area (Å²) < 4.78 is 0. The molecule has 0 radical (unpaired) electrons. The number of pyridine rings is 1. The molecule has 5 nitrogen and oxygen atoms in total. The Kier molecular flexibility index (Phi) is 3.30. The Morgan fingerprint density at radius 1 is 1.20 bits per heavy atom. The van der Waals surface area contributed by atoms with Crippen LogP contribution in [0.15, 0.2) is 30.3 Å². The van der Waals surface area contributed by atoms with Crippen molar-refractivity contribution in [2.45, 2.75) is 37.6 Å². The summed E-state index contributed by atoms with van der Waals surface area (Å²) in [6.45, 7) is 1.37. The number of rotatable bonds is 2. The van der Waals surface area contributed by atoms with Gasteiger partial charge in [0.1, 0.15) is 0 Å². The molecule has 1 saturated carbocycles. The van der Waals surface area contributed by atoms with Crippen molar-refractivity contribution in [2.75, 3.05) is 13.1 Å². The summed E-state index contributed by atoms with van der Waals surface area (Å²) in [5.74, 6) is 0.965. The molecule has 2 aromatic rings. The molecule has 1 N–H and O–H groups in total. The minimum atomic E-state index is 0.0818. The van der Waals surface area contributed by atoms with Crippen molar-refractivity contribution in [2.24, 2.45) is 5.92 Å². The summed E-state index contributed by atoms with van der Waals surface area (Å²) in [4.78, 5) is 31.6. The molecule has 5 heteroatoms. The molecule has 3 aliphatic rings. The fourth-order valence-electron chi connectivity index (χ4n) is 4.25. The third kappa shape index (κ3) is 2.58. The first-order valence-corrected chi connectivity index (χ1v) is 9.17. The second-order valence-corrected chi connectivity index (χ2v) is 7.56. The molecule has 5 rings (SSSR count). The molecule has 128 valence electrons. The van der Waals surface area contributed by atoms with Gasteiger partial charge < -0.3 is 10.2 Å². The molecule has 0 spiro atoms. The molecule has 1 aromatic carbocycles. The standard InChI is InChI=1S/C20H21N3O2/c24-19-9-13-11-23(8-7-16(13)22-19)20(25)15-10-18(12-5-6-12)21-17-4-2-1-3-14(15)17/h1-4,10,12-13,16H,5-9,11H2,(H,22,24)/t13-,16+/m1/s1. The SMILES string of the molecule is O=C1C[C@@H]2CN(C(=O)c3cc(C4CC4)nc4ccccc34)CC[C@@H]2N1. The highest BCUT2D eigenvalue weighted by molar-refractivity contribution is 6.06. The fraction of sp³-hybridized carbons (Fsp3) is 0.450. The summed E-state index contributed by atoms with van der Waals surface area (Å²) in [7, 11) is 0. The summed E-state index contributed by atoms with van der Waals surface area (Å²) >= 11 is 0. The first-order valence-electron chi connectivity index (χ1n) is 9.17. The molecule has 2 saturated heterocycles. The van der Waals surface area contributed by atoms with E-state index in [9.17, 15) is 9.59 Å². The minimum Gasteiger partial charge on any atom is -0.353 e. The van der Waals surface area contributed by atoms with Crippen molar-refractivity contribution in [1.29, 1.82) is 0 Å². The molecule has 1 aliphatic carbocycles. The highest BCUT2D eigenvalue weighted by Crippen LogP contribution is 2.40. The predicted octanol–water partition coefficient (Wildman–Crippen LogP) is 2.46. The van der Waals surface area contributed by atoms with Gasteiger partial charge in [-0.2, -0.15) is 0 Å². The fourth-order valence-corrected chi connectivity index (χ4v) is 4.25. The zero-order valence-corrected chi connectivity index (χ0v) is 14.1. The second-order valence-electron chi connectivity index (χ2n) is 7.56. The van der Waals surface area contributed by atoms with Crippen LogP contribution in [0.2, 0.25) is 0 Å². The molecule has 2 amide bonds. The second kappa shape index (κ2) is 5.55. The maximum absolute atomic E-state index is 13.3. The van der Waals surface area contributed by atoms with E-state index in [1.807, 2.05) is 35.2 Å². The third-order valence-electron chi connectivity index (χ3n) is 5.78. The summed E-state index contributed by atoms with van der Waals surface area (Å²) in [5, 5.41) is 3.96. The lowest BCUT2D eigenvalue weighted by Gasteiger charge is -2.34. The van der Waals surface area contributed by atoms with Crippen LogP contribution < -0.4 is 5.32 Å². The van der Waals surface area contributed by atoms with Crippen LogP contribution in [-0.4, -0.2) is 40.8 Å². The number of likely N-dealkylation sites (tertiary alicyclic amines) is 1. The van der Waals surface area contributed by atoms with Gasteiger partial charge in [0.05, 0.1) is 11.1 Å². The number of nitrogens with zero attached hydrogens (tertiary/aromatic N) is 2. The highest BCUT2D eigenvalue weighted by atomic mass is 16.2. The Bertz CT molecular complexity index is 874. The topological polar surface area (TPSA) is 62.3 Å². The van der Waals surface area contributed by atoms with Gasteiger partial charge in [0, 0.05) is 48.5 Å². The number of piperidine rings is 1. The molecule has 3 fully saturated rings. The Hall–Kier alpha value is -2.43. The smallest absolute Gasteiger partial charge is 0.254 e. The summed E-state index contributed by atoms with van der Waals surface area (Å²) in [6.07, 6.45) is 3.72. The number of carbonyl (C=O) groups excluding carboxylic acids is 2. The van der Waals surface area contributed by atoms with Crippen molar-refractivity contribution < 1.29 is 9.59 Å². The molecule has 0 bridgehead atoms. The molecule has 0 unspecified atom stereocenters. The average molecular weight is 335 g/mol. The highest BCUT2D eigenvalue weighted by Gasteiger charge is 2.38. The van der Waals surface area contributed by atoms with Crippen LogP contribution >= 0.6 is 0 Å². The molecule has 25 heavy (non-hydrogen) atoms. The lowest BCUT2D eigenvalue weighted by atomic mass is 9.92. The van der Waals surface area contributed by atoms with Crippen molar-refractivity contribution in [3.8, 4) is 0 Å². The van der Waals surface area contributed by atoms with Gasteiger partial charge in [-0.05, 0) is 31.4 Å². The average Bonchev–Trinajstić information content (AvgIpc) is 3.41. The van der Waals surface area contributed by atoms with Crippen LogP contribution in [0.25, 0.3) is 10.9 Å². The quantitative estimate of drug-likeness (QED) is 0.917. The van der Waals surface area contributed by atoms with Crippen LogP contribution in [0.1, 0.15) is 47.7 Å². The molecule has 2 aliphatic heterocycles. The van der Waals surface area contributed by atoms with E-state index in [2.05, 4.69) is 5.32 Å². The van der Waals surface area contributed by atoms with Gasteiger partial charge in [-0.3, -0.25) is 14.6 Å². The van der Waals surface area contributed by atoms with Gasteiger partial charge in [0.15, 0.2) is 0 Å². The Morgan fingerprint density at radius 2 is 2.04 bits per heavy atom. The van der Waals surface area contributed by atoms with E-state index >= 15 is 0 Å². The van der Waals surface area contributed by atoms with Gasteiger partial charge in [0.2, 0.25) is 5.91 Å². The Morgan fingerprint density at radius 3 is 2.88 bits per heavy atom. The molecule has 1 aromatic heterocycles. The Balaban J connectivity index is 1.49. The number of fused-ring (bicyclic) bond motifs is 2. The molecule has 3 heterocycles. The van der Waals surface area contributed by atoms with E-state index in [4.69, 9.17) is 4.98 Å². The van der Waals surface area contributed by atoms with E-state index in [1.165, 1.54) is 12.8 Å².